The summed E-state index contributed by atoms with van der Waals surface area (Å²) in [5.41, 5.74) is 1.14. The zero-order valence-electron chi connectivity index (χ0n) is 13.4. The molecule has 0 aromatic carbocycles. The summed E-state index contributed by atoms with van der Waals surface area (Å²) in [5, 5.41) is 4.79. The molecule has 0 N–H and O–H groups in total. The highest BCUT2D eigenvalue weighted by Gasteiger charge is 2.44. The Bertz CT molecular complexity index is 573. The molecule has 126 valence electrons. The van der Waals surface area contributed by atoms with Gasteiger partial charge in [-0.3, -0.25) is 14.5 Å². The van der Waals surface area contributed by atoms with E-state index in [1.54, 1.807) is 11.3 Å². The van der Waals surface area contributed by atoms with Crippen LogP contribution in [0.3, 0.4) is 0 Å². The maximum absolute atomic E-state index is 12.3. The topological polar surface area (TPSA) is 54.9 Å². The van der Waals surface area contributed by atoms with E-state index in [4.69, 9.17) is 9.57 Å². The van der Waals surface area contributed by atoms with Crippen LogP contribution in [0.4, 0.5) is 0 Å². The van der Waals surface area contributed by atoms with E-state index in [0.717, 1.165) is 43.3 Å². The molecule has 0 saturated carbocycles. The molecule has 3 aliphatic heterocycles. The van der Waals surface area contributed by atoms with Crippen LogP contribution in [0, 0.1) is 18.8 Å². The van der Waals surface area contributed by atoms with E-state index in [2.05, 4.69) is 15.3 Å². The van der Waals surface area contributed by atoms with Crippen molar-refractivity contribution in [1.29, 1.82) is 0 Å². The second-order valence-electron chi connectivity index (χ2n) is 6.73. The highest BCUT2D eigenvalue weighted by Crippen LogP contribution is 2.36. The molecule has 0 spiro atoms. The zero-order chi connectivity index (χ0) is 15.8. The number of hydrogen-bond donors (Lipinski definition) is 0. The third-order valence-electron chi connectivity index (χ3n) is 5.03. The van der Waals surface area contributed by atoms with Gasteiger partial charge in [-0.1, -0.05) is 0 Å². The lowest BCUT2D eigenvalue weighted by molar-refractivity contribution is -0.170. The molecule has 3 saturated heterocycles. The van der Waals surface area contributed by atoms with Gasteiger partial charge in [-0.05, 0) is 19.3 Å². The van der Waals surface area contributed by atoms with Crippen LogP contribution in [-0.2, 0) is 20.9 Å². The zero-order valence-corrected chi connectivity index (χ0v) is 14.3. The van der Waals surface area contributed by atoms with Gasteiger partial charge in [0.15, 0.2) is 0 Å². The Balaban J connectivity index is 1.33. The molecule has 3 aliphatic rings. The second kappa shape index (κ2) is 6.47. The van der Waals surface area contributed by atoms with Crippen molar-refractivity contribution in [2.45, 2.75) is 32.4 Å². The summed E-state index contributed by atoms with van der Waals surface area (Å²) in [6.07, 6.45) is 1.76. The molecule has 0 unspecified atom stereocenters. The molecule has 1 aromatic rings. The van der Waals surface area contributed by atoms with Crippen LogP contribution < -0.4 is 0 Å². The van der Waals surface area contributed by atoms with Crippen LogP contribution in [0.25, 0.3) is 0 Å². The van der Waals surface area contributed by atoms with Crippen LogP contribution >= 0.6 is 11.3 Å². The van der Waals surface area contributed by atoms with Crippen LogP contribution in [0.15, 0.2) is 5.38 Å². The quantitative estimate of drug-likeness (QED) is 0.832. The molecule has 4 heterocycles. The van der Waals surface area contributed by atoms with Gasteiger partial charge in [0.2, 0.25) is 5.91 Å². The number of hydrogen-bond acceptors (Lipinski definition) is 6. The number of aryl methyl sites for hydroxylation is 1. The molecule has 0 bridgehead atoms. The van der Waals surface area contributed by atoms with E-state index in [-0.39, 0.29) is 12.0 Å². The van der Waals surface area contributed by atoms with Gasteiger partial charge >= 0.3 is 0 Å². The maximum atomic E-state index is 12.3. The van der Waals surface area contributed by atoms with Crippen LogP contribution in [0.2, 0.25) is 0 Å². The number of carbonyl (C=O) groups excluding carboxylic acids is 1. The van der Waals surface area contributed by atoms with Gasteiger partial charge in [-0.2, -0.15) is 0 Å². The number of fused-ring (bicyclic) bond motifs is 1. The van der Waals surface area contributed by atoms with Crippen molar-refractivity contribution in [3.63, 3.8) is 0 Å². The number of likely N-dealkylation sites (tertiary alicyclic amines) is 1. The van der Waals surface area contributed by atoms with Gasteiger partial charge in [-0.25, -0.2) is 10.0 Å². The first-order valence-electron chi connectivity index (χ1n) is 8.37. The first kappa shape index (κ1) is 15.5. The van der Waals surface area contributed by atoms with Gasteiger partial charge in [-0.15, -0.1) is 11.3 Å². The van der Waals surface area contributed by atoms with Gasteiger partial charge in [0.05, 0.1) is 36.6 Å². The first-order valence-corrected chi connectivity index (χ1v) is 9.25. The normalized spacial score (nSPS) is 31.0. The first-order chi connectivity index (χ1) is 11.2. The fourth-order valence-electron chi connectivity index (χ4n) is 3.90. The summed E-state index contributed by atoms with van der Waals surface area (Å²) in [4.78, 5) is 24.6. The second-order valence-corrected chi connectivity index (χ2v) is 7.80. The molecular weight excluding hydrogens is 314 g/mol. The summed E-state index contributed by atoms with van der Waals surface area (Å²) < 4.78 is 5.96. The Morgan fingerprint density at radius 1 is 1.48 bits per heavy atom. The summed E-state index contributed by atoms with van der Waals surface area (Å²) in [6, 6.07) is 0. The Labute approximate surface area is 140 Å². The van der Waals surface area contributed by atoms with Crippen molar-refractivity contribution in [1.82, 2.24) is 14.9 Å². The fraction of sp³-hybridized carbons (Fsp3) is 0.750. The molecule has 0 aliphatic carbocycles. The number of thiazole rings is 1. The van der Waals surface area contributed by atoms with Crippen LogP contribution in [-0.4, -0.2) is 59.8 Å². The van der Waals surface area contributed by atoms with Gasteiger partial charge in [0, 0.05) is 37.4 Å². The van der Waals surface area contributed by atoms with E-state index in [1.165, 1.54) is 5.06 Å². The van der Waals surface area contributed by atoms with Gasteiger partial charge in [0.1, 0.15) is 0 Å². The number of hydroxylamine groups is 2. The Morgan fingerprint density at radius 3 is 3.13 bits per heavy atom. The minimum Gasteiger partial charge on any atom is -0.376 e. The van der Waals surface area contributed by atoms with E-state index in [1.807, 2.05) is 6.92 Å². The monoisotopic (exact) mass is 337 g/mol. The van der Waals surface area contributed by atoms with Crippen molar-refractivity contribution in [3.05, 3.63) is 16.1 Å². The Kier molecular flexibility index (Phi) is 4.36. The predicted molar refractivity (Wildman–Crippen MR) is 85.7 cm³/mol. The minimum atomic E-state index is 0.116. The van der Waals surface area contributed by atoms with E-state index < -0.39 is 0 Å². The van der Waals surface area contributed by atoms with Gasteiger partial charge in [0.25, 0.3) is 0 Å². The van der Waals surface area contributed by atoms with Crippen molar-refractivity contribution in [2.24, 2.45) is 11.8 Å². The number of carbonyl (C=O) groups is 1. The van der Waals surface area contributed by atoms with Crippen molar-refractivity contribution in [2.75, 3.05) is 32.8 Å². The Hall–Kier alpha value is -1.02. The lowest BCUT2D eigenvalue weighted by Crippen LogP contribution is -2.31. The molecule has 4 rings (SSSR count). The molecule has 3 atom stereocenters. The maximum Gasteiger partial charge on any atom is 0.246 e. The third-order valence-corrected chi connectivity index (χ3v) is 5.86. The summed E-state index contributed by atoms with van der Waals surface area (Å²) in [5.74, 6) is 0.894. The molecule has 1 amide bonds. The summed E-state index contributed by atoms with van der Waals surface area (Å²) >= 11 is 1.70. The minimum absolute atomic E-state index is 0.116. The molecule has 23 heavy (non-hydrogen) atoms. The third kappa shape index (κ3) is 3.28. The molecule has 7 heteroatoms. The highest BCUT2D eigenvalue weighted by molar-refractivity contribution is 7.09. The van der Waals surface area contributed by atoms with Crippen molar-refractivity contribution in [3.8, 4) is 0 Å². The average Bonchev–Trinajstić information content (AvgIpc) is 3.26. The van der Waals surface area contributed by atoms with E-state index in [0.29, 0.717) is 31.5 Å². The summed E-state index contributed by atoms with van der Waals surface area (Å²) in [7, 11) is 0. The SMILES string of the molecule is Cc1nc(CN2C[C@@H]3[C@@H](CC(=O)N4CCCO4)CO[C@@H]3C2)cs1. The number of rotatable bonds is 4. The molecular formula is C16H23N3O3S. The molecule has 0 radical (unpaired) electrons. The van der Waals surface area contributed by atoms with E-state index >= 15 is 0 Å². The number of amides is 1. The number of aromatic nitrogens is 1. The number of nitrogens with zero attached hydrogens (tertiary/aromatic N) is 3. The summed E-state index contributed by atoms with van der Waals surface area (Å²) in [6.45, 7) is 6.98. The van der Waals surface area contributed by atoms with Gasteiger partial charge < -0.3 is 4.74 Å². The van der Waals surface area contributed by atoms with Crippen LogP contribution in [0.5, 0.6) is 0 Å². The van der Waals surface area contributed by atoms with Crippen molar-refractivity contribution < 1.29 is 14.4 Å². The smallest absolute Gasteiger partial charge is 0.246 e. The molecule has 6 nitrogen and oxygen atoms in total. The Morgan fingerprint density at radius 2 is 2.39 bits per heavy atom. The number of ether oxygens (including phenoxy) is 1. The van der Waals surface area contributed by atoms with Crippen molar-refractivity contribution >= 4 is 17.2 Å². The standard InChI is InChI=1S/C16H23N3O3S/c1-11-17-13(10-23-11)6-18-7-14-12(9-21-15(14)8-18)5-16(20)19-3-2-4-22-19/h10,12,14-15H,2-9H2,1H3/t12-,14+,15+/m0/s1. The van der Waals surface area contributed by atoms with E-state index in [9.17, 15) is 4.79 Å². The average molecular weight is 337 g/mol. The fourth-order valence-corrected chi connectivity index (χ4v) is 4.50. The predicted octanol–water partition coefficient (Wildman–Crippen LogP) is 1.45. The largest absolute Gasteiger partial charge is 0.376 e. The molecule has 3 fully saturated rings. The van der Waals surface area contributed by atoms with Crippen LogP contribution in [0.1, 0.15) is 23.5 Å². The highest BCUT2D eigenvalue weighted by atomic mass is 32.1. The molecule has 1 aromatic heterocycles. The lowest BCUT2D eigenvalue weighted by Gasteiger charge is -2.20. The lowest BCUT2D eigenvalue weighted by atomic mass is 9.90.